The van der Waals surface area contributed by atoms with Crippen LogP contribution in [0.15, 0.2) is 27.7 Å². The summed E-state index contributed by atoms with van der Waals surface area (Å²) in [7, 11) is 1.71. The molecule has 2 N–H and O–H groups in total. The van der Waals surface area contributed by atoms with Gasteiger partial charge >= 0.3 is 0 Å². The molecule has 1 aromatic carbocycles. The molecule has 0 aromatic heterocycles. The monoisotopic (exact) mass is 315 g/mol. The van der Waals surface area contributed by atoms with Gasteiger partial charge in [-0.1, -0.05) is 15.9 Å². The summed E-state index contributed by atoms with van der Waals surface area (Å²) in [5.41, 5.74) is 0.795. The third-order valence-corrected chi connectivity index (χ3v) is 2.56. The van der Waals surface area contributed by atoms with E-state index in [1.165, 1.54) is 12.1 Å². The van der Waals surface area contributed by atoms with Gasteiger partial charge in [0.25, 0.3) is 0 Å². The zero-order chi connectivity index (χ0) is 13.8. The third kappa shape index (κ3) is 5.49. The van der Waals surface area contributed by atoms with Gasteiger partial charge in [-0.3, -0.25) is 4.99 Å². The van der Waals surface area contributed by atoms with Crippen LogP contribution in [-0.2, 0) is 6.54 Å². The molecule has 0 bridgehead atoms. The molecule has 0 saturated heterocycles. The number of nitrogens with zero attached hydrogens (tertiary/aromatic N) is 1. The Labute approximate surface area is 116 Å². The number of rotatable bonds is 2. The second-order valence-electron chi connectivity index (χ2n) is 5.08. The van der Waals surface area contributed by atoms with E-state index in [-0.39, 0.29) is 11.4 Å². The first-order valence-corrected chi connectivity index (χ1v) is 6.53. The normalized spacial score (nSPS) is 12.4. The maximum absolute atomic E-state index is 13.2. The molecule has 0 heterocycles. The Morgan fingerprint density at radius 3 is 2.50 bits per heavy atom. The standard InChI is InChI=1S/C13H19BrFN3/c1-13(2,3)18-12(16-4)17-8-9-5-10(14)7-11(15)6-9/h5-7H,8H2,1-4H3,(H2,16,17,18). The second-order valence-corrected chi connectivity index (χ2v) is 5.99. The molecule has 1 rings (SSSR count). The Balaban J connectivity index is 2.63. The molecular weight excluding hydrogens is 297 g/mol. The van der Waals surface area contributed by atoms with Crippen LogP contribution >= 0.6 is 15.9 Å². The molecule has 0 fully saturated rings. The van der Waals surface area contributed by atoms with E-state index >= 15 is 0 Å². The second kappa shape index (κ2) is 6.18. The molecule has 5 heteroatoms. The summed E-state index contributed by atoms with van der Waals surface area (Å²) >= 11 is 3.27. The van der Waals surface area contributed by atoms with E-state index in [9.17, 15) is 4.39 Å². The highest BCUT2D eigenvalue weighted by Gasteiger charge is 2.11. The average molecular weight is 316 g/mol. The van der Waals surface area contributed by atoms with Crippen molar-refractivity contribution in [3.8, 4) is 0 Å². The fraction of sp³-hybridized carbons (Fsp3) is 0.462. The van der Waals surface area contributed by atoms with Gasteiger partial charge in [0.05, 0.1) is 0 Å². The zero-order valence-electron chi connectivity index (χ0n) is 11.1. The highest BCUT2D eigenvalue weighted by Crippen LogP contribution is 2.14. The molecule has 0 aliphatic carbocycles. The number of nitrogens with one attached hydrogen (secondary N) is 2. The summed E-state index contributed by atoms with van der Waals surface area (Å²) < 4.78 is 13.9. The lowest BCUT2D eigenvalue weighted by Gasteiger charge is -2.23. The molecule has 3 nitrogen and oxygen atoms in total. The largest absolute Gasteiger partial charge is 0.352 e. The first-order chi connectivity index (χ1) is 8.30. The maximum atomic E-state index is 13.2. The van der Waals surface area contributed by atoms with Crippen LogP contribution < -0.4 is 10.6 Å². The molecule has 18 heavy (non-hydrogen) atoms. The Morgan fingerprint density at radius 2 is 2.00 bits per heavy atom. The van der Waals surface area contributed by atoms with Gasteiger partial charge < -0.3 is 10.6 Å². The Bertz CT molecular complexity index is 418. The predicted molar refractivity (Wildman–Crippen MR) is 77.2 cm³/mol. The molecule has 0 spiro atoms. The molecule has 0 saturated carbocycles. The third-order valence-electron chi connectivity index (χ3n) is 2.10. The van der Waals surface area contributed by atoms with Crippen LogP contribution in [0.4, 0.5) is 4.39 Å². The van der Waals surface area contributed by atoms with E-state index in [2.05, 4.69) is 52.3 Å². The lowest BCUT2D eigenvalue weighted by molar-refractivity contribution is 0.501. The first-order valence-electron chi connectivity index (χ1n) is 5.74. The summed E-state index contributed by atoms with van der Waals surface area (Å²) in [6.07, 6.45) is 0. The summed E-state index contributed by atoms with van der Waals surface area (Å²) in [6, 6.07) is 4.81. The van der Waals surface area contributed by atoms with Gasteiger partial charge in [-0.15, -0.1) is 0 Å². The van der Waals surface area contributed by atoms with E-state index < -0.39 is 0 Å². The molecule has 0 radical (unpaired) electrons. The van der Waals surface area contributed by atoms with Crippen molar-refractivity contribution in [1.82, 2.24) is 10.6 Å². The number of benzene rings is 1. The summed E-state index contributed by atoms with van der Waals surface area (Å²) in [4.78, 5) is 4.12. The van der Waals surface area contributed by atoms with Gasteiger partial charge in [0.1, 0.15) is 5.82 Å². The first kappa shape index (κ1) is 15.0. The smallest absolute Gasteiger partial charge is 0.191 e. The van der Waals surface area contributed by atoms with Gasteiger partial charge in [-0.05, 0) is 44.5 Å². The summed E-state index contributed by atoms with van der Waals surface area (Å²) in [5.74, 6) is 0.447. The molecule has 0 amide bonds. The van der Waals surface area contributed by atoms with E-state index in [0.717, 1.165) is 10.0 Å². The van der Waals surface area contributed by atoms with Gasteiger partial charge in [0, 0.05) is 23.6 Å². The average Bonchev–Trinajstić information content (AvgIpc) is 2.21. The van der Waals surface area contributed by atoms with Crippen molar-refractivity contribution in [3.63, 3.8) is 0 Å². The number of guanidine groups is 1. The number of hydrogen-bond donors (Lipinski definition) is 2. The Hall–Kier alpha value is -1.10. The van der Waals surface area contributed by atoms with Gasteiger partial charge in [0.2, 0.25) is 0 Å². The fourth-order valence-corrected chi connectivity index (χ4v) is 1.95. The minimum Gasteiger partial charge on any atom is -0.352 e. The van der Waals surface area contributed by atoms with E-state index in [1.54, 1.807) is 7.05 Å². The van der Waals surface area contributed by atoms with Crippen LogP contribution in [0.2, 0.25) is 0 Å². The van der Waals surface area contributed by atoms with Crippen LogP contribution in [0.3, 0.4) is 0 Å². The molecule has 100 valence electrons. The van der Waals surface area contributed by atoms with E-state index in [4.69, 9.17) is 0 Å². The van der Waals surface area contributed by atoms with E-state index in [0.29, 0.717) is 12.5 Å². The lowest BCUT2D eigenvalue weighted by Crippen LogP contribution is -2.47. The zero-order valence-corrected chi connectivity index (χ0v) is 12.7. The van der Waals surface area contributed by atoms with Crippen molar-refractivity contribution in [2.45, 2.75) is 32.9 Å². The van der Waals surface area contributed by atoms with Crippen LogP contribution in [0.25, 0.3) is 0 Å². The van der Waals surface area contributed by atoms with Crippen molar-refractivity contribution in [2.24, 2.45) is 4.99 Å². The maximum Gasteiger partial charge on any atom is 0.191 e. The lowest BCUT2D eigenvalue weighted by atomic mass is 10.1. The van der Waals surface area contributed by atoms with Crippen molar-refractivity contribution in [1.29, 1.82) is 0 Å². The molecular formula is C13H19BrFN3. The van der Waals surface area contributed by atoms with Gasteiger partial charge in [-0.2, -0.15) is 0 Å². The Morgan fingerprint density at radius 1 is 1.33 bits per heavy atom. The predicted octanol–water partition coefficient (Wildman–Crippen LogP) is 3.05. The number of halogens is 2. The quantitative estimate of drug-likeness (QED) is 0.650. The van der Waals surface area contributed by atoms with Crippen molar-refractivity contribution in [3.05, 3.63) is 34.1 Å². The van der Waals surface area contributed by atoms with E-state index in [1.807, 2.05) is 6.07 Å². The SMILES string of the molecule is CN=C(NCc1cc(F)cc(Br)c1)NC(C)(C)C. The molecule has 0 unspecified atom stereocenters. The topological polar surface area (TPSA) is 36.4 Å². The minimum atomic E-state index is -0.250. The molecule has 1 aromatic rings. The van der Waals surface area contributed by atoms with Crippen molar-refractivity contribution < 1.29 is 4.39 Å². The van der Waals surface area contributed by atoms with Crippen molar-refractivity contribution >= 4 is 21.9 Å². The van der Waals surface area contributed by atoms with Crippen LogP contribution in [-0.4, -0.2) is 18.5 Å². The van der Waals surface area contributed by atoms with Crippen LogP contribution in [0.5, 0.6) is 0 Å². The highest BCUT2D eigenvalue weighted by atomic mass is 79.9. The molecule has 0 atom stereocenters. The minimum absolute atomic E-state index is 0.0651. The molecule has 0 aliphatic rings. The van der Waals surface area contributed by atoms with Crippen LogP contribution in [0, 0.1) is 5.82 Å². The Kier molecular flexibility index (Phi) is 5.14. The number of hydrogen-bond acceptors (Lipinski definition) is 1. The van der Waals surface area contributed by atoms with Crippen LogP contribution in [0.1, 0.15) is 26.3 Å². The summed E-state index contributed by atoms with van der Waals surface area (Å²) in [6.45, 7) is 6.68. The molecule has 0 aliphatic heterocycles. The van der Waals surface area contributed by atoms with Gasteiger partial charge in [0.15, 0.2) is 5.96 Å². The van der Waals surface area contributed by atoms with Gasteiger partial charge in [-0.25, -0.2) is 4.39 Å². The van der Waals surface area contributed by atoms with Crippen molar-refractivity contribution in [2.75, 3.05) is 7.05 Å². The summed E-state index contributed by atoms with van der Waals surface area (Å²) in [5, 5.41) is 6.39. The highest BCUT2D eigenvalue weighted by molar-refractivity contribution is 9.10. The number of aliphatic imine (C=N–C) groups is 1. The fourth-order valence-electron chi connectivity index (χ4n) is 1.43.